The molecule has 2 saturated heterocycles. The lowest BCUT2D eigenvalue weighted by atomic mass is 10.1. The van der Waals surface area contributed by atoms with E-state index in [0.29, 0.717) is 5.88 Å². The Hall–Kier alpha value is -3.03. The molecule has 1 aromatic heterocycles. The smallest absolute Gasteiger partial charge is 0.254 e. The number of nitrogen functional groups attached to an aromatic ring is 1. The summed E-state index contributed by atoms with van der Waals surface area (Å²) in [6.07, 6.45) is 1.83. The van der Waals surface area contributed by atoms with E-state index < -0.39 is 0 Å². The van der Waals surface area contributed by atoms with Gasteiger partial charge >= 0.3 is 0 Å². The first-order valence-electron chi connectivity index (χ1n) is 9.51. The van der Waals surface area contributed by atoms with E-state index in [9.17, 15) is 4.79 Å². The maximum atomic E-state index is 13.2. The number of benzene rings is 1. The van der Waals surface area contributed by atoms with E-state index in [-0.39, 0.29) is 23.9 Å². The van der Waals surface area contributed by atoms with Crippen molar-refractivity contribution in [1.82, 2.24) is 14.9 Å². The van der Waals surface area contributed by atoms with Crippen LogP contribution in [0, 0.1) is 0 Å². The highest BCUT2D eigenvalue weighted by Gasteiger charge is 2.45. The molecule has 0 radical (unpaired) electrons. The van der Waals surface area contributed by atoms with Crippen LogP contribution in [0.3, 0.4) is 0 Å². The number of likely N-dealkylation sites (tertiary alicyclic amines) is 1. The van der Waals surface area contributed by atoms with Crippen LogP contribution < -0.4 is 20.3 Å². The summed E-state index contributed by atoms with van der Waals surface area (Å²) in [4.78, 5) is 27.9. The molecule has 4 rings (SSSR count). The first-order chi connectivity index (χ1) is 13.5. The molecule has 0 spiro atoms. The van der Waals surface area contributed by atoms with E-state index in [2.05, 4.69) is 14.9 Å². The third kappa shape index (κ3) is 3.19. The molecule has 0 aliphatic carbocycles. The Labute approximate surface area is 164 Å². The number of anilines is 3. The van der Waals surface area contributed by atoms with Crippen molar-refractivity contribution in [3.05, 3.63) is 35.9 Å². The van der Waals surface area contributed by atoms with Crippen LogP contribution in [0.4, 0.5) is 17.5 Å². The maximum Gasteiger partial charge on any atom is 0.254 e. The first kappa shape index (κ1) is 18.3. The first-order valence-corrected chi connectivity index (χ1v) is 9.51. The van der Waals surface area contributed by atoms with Crippen LogP contribution in [0.5, 0.6) is 5.88 Å². The number of nitrogens with two attached hydrogens (primary N) is 1. The molecule has 2 aliphatic rings. The second-order valence-corrected chi connectivity index (χ2v) is 7.48. The average Bonchev–Trinajstić information content (AvgIpc) is 3.29. The zero-order valence-electron chi connectivity index (χ0n) is 16.5. The number of carbonyl (C=O) groups is 1. The molecule has 0 unspecified atom stereocenters. The summed E-state index contributed by atoms with van der Waals surface area (Å²) < 4.78 is 5.23. The molecule has 2 atom stereocenters. The van der Waals surface area contributed by atoms with Crippen molar-refractivity contribution in [2.24, 2.45) is 0 Å². The number of ether oxygens (including phenoxy) is 1. The number of amides is 1. The lowest BCUT2D eigenvalue weighted by molar-refractivity contribution is 0.0737. The number of aromatic nitrogens is 2. The Morgan fingerprint density at radius 3 is 2.71 bits per heavy atom. The van der Waals surface area contributed by atoms with Gasteiger partial charge in [0.1, 0.15) is 5.82 Å². The molecule has 8 nitrogen and oxygen atoms in total. The Balaban J connectivity index is 1.55. The highest BCUT2D eigenvalue weighted by atomic mass is 16.5. The summed E-state index contributed by atoms with van der Waals surface area (Å²) in [7, 11) is 5.52. The molecule has 1 aromatic carbocycles. The number of fused-ring (bicyclic) bond motifs is 1. The normalized spacial score (nSPS) is 21.0. The Bertz CT molecular complexity index is 887. The SMILES string of the molecule is COc1cc(N2CC[C@H]3[C@@H]2CCN3C(=O)c2cccc(N(C)C)c2)nc(N)n1. The fourth-order valence-corrected chi connectivity index (χ4v) is 4.29. The predicted octanol–water partition coefficient (Wildman–Crippen LogP) is 1.63. The number of rotatable bonds is 4. The zero-order valence-corrected chi connectivity index (χ0v) is 16.5. The average molecular weight is 382 g/mol. The van der Waals surface area contributed by atoms with Crippen LogP contribution in [0.2, 0.25) is 0 Å². The van der Waals surface area contributed by atoms with Gasteiger partial charge in [-0.1, -0.05) is 6.07 Å². The van der Waals surface area contributed by atoms with Crippen molar-refractivity contribution >= 4 is 23.4 Å². The minimum Gasteiger partial charge on any atom is -0.481 e. The molecule has 2 N–H and O–H groups in total. The van der Waals surface area contributed by atoms with Crippen LogP contribution >= 0.6 is 0 Å². The topological polar surface area (TPSA) is 87.8 Å². The molecule has 0 saturated carbocycles. The monoisotopic (exact) mass is 382 g/mol. The van der Waals surface area contributed by atoms with Gasteiger partial charge in [0.15, 0.2) is 0 Å². The molecule has 3 heterocycles. The second-order valence-electron chi connectivity index (χ2n) is 7.48. The van der Waals surface area contributed by atoms with Gasteiger partial charge in [-0.2, -0.15) is 9.97 Å². The van der Waals surface area contributed by atoms with Crippen LogP contribution in [0.15, 0.2) is 30.3 Å². The van der Waals surface area contributed by atoms with Crippen LogP contribution in [-0.4, -0.2) is 67.2 Å². The molecular weight excluding hydrogens is 356 g/mol. The van der Waals surface area contributed by atoms with Crippen LogP contribution in [-0.2, 0) is 0 Å². The maximum absolute atomic E-state index is 13.2. The summed E-state index contributed by atoms with van der Waals surface area (Å²) in [5.74, 6) is 1.51. The van der Waals surface area contributed by atoms with Crippen molar-refractivity contribution in [1.29, 1.82) is 0 Å². The Kier molecular flexibility index (Phi) is 4.70. The van der Waals surface area contributed by atoms with Crippen molar-refractivity contribution in [3.63, 3.8) is 0 Å². The Morgan fingerprint density at radius 2 is 1.96 bits per heavy atom. The lowest BCUT2D eigenvalue weighted by Gasteiger charge is -2.26. The quantitative estimate of drug-likeness (QED) is 0.860. The number of hydrogen-bond donors (Lipinski definition) is 1. The molecule has 2 aromatic rings. The summed E-state index contributed by atoms with van der Waals surface area (Å²) >= 11 is 0. The predicted molar refractivity (Wildman–Crippen MR) is 109 cm³/mol. The molecule has 1 amide bonds. The van der Waals surface area contributed by atoms with Gasteiger partial charge in [0.2, 0.25) is 11.8 Å². The van der Waals surface area contributed by atoms with E-state index in [1.54, 1.807) is 7.11 Å². The Morgan fingerprint density at radius 1 is 1.18 bits per heavy atom. The van der Waals surface area contributed by atoms with Crippen molar-refractivity contribution < 1.29 is 9.53 Å². The highest BCUT2D eigenvalue weighted by Crippen LogP contribution is 2.36. The third-order valence-corrected chi connectivity index (χ3v) is 5.66. The van der Waals surface area contributed by atoms with E-state index >= 15 is 0 Å². The minimum atomic E-state index is 0.0952. The number of nitrogens with zero attached hydrogens (tertiary/aromatic N) is 5. The van der Waals surface area contributed by atoms with Gasteiger partial charge in [0.05, 0.1) is 19.2 Å². The molecule has 28 heavy (non-hydrogen) atoms. The van der Waals surface area contributed by atoms with E-state index in [1.807, 2.05) is 54.2 Å². The lowest BCUT2D eigenvalue weighted by Crippen LogP contribution is -2.40. The number of carbonyl (C=O) groups excluding carboxylic acids is 1. The fraction of sp³-hybridized carbons (Fsp3) is 0.450. The van der Waals surface area contributed by atoms with Gasteiger partial charge in [0, 0.05) is 44.5 Å². The van der Waals surface area contributed by atoms with Crippen molar-refractivity contribution in [3.8, 4) is 5.88 Å². The van der Waals surface area contributed by atoms with Gasteiger partial charge in [-0.25, -0.2) is 0 Å². The van der Waals surface area contributed by atoms with Crippen molar-refractivity contribution in [2.45, 2.75) is 24.9 Å². The van der Waals surface area contributed by atoms with E-state index in [1.165, 1.54) is 0 Å². The van der Waals surface area contributed by atoms with Gasteiger partial charge in [-0.05, 0) is 31.0 Å². The van der Waals surface area contributed by atoms with Gasteiger partial charge in [-0.3, -0.25) is 4.79 Å². The summed E-state index contributed by atoms with van der Waals surface area (Å²) in [5, 5.41) is 0. The van der Waals surface area contributed by atoms with Gasteiger partial charge < -0.3 is 25.2 Å². The molecule has 148 valence electrons. The number of methoxy groups -OCH3 is 1. The van der Waals surface area contributed by atoms with E-state index in [0.717, 1.165) is 43.0 Å². The van der Waals surface area contributed by atoms with Crippen LogP contribution in [0.1, 0.15) is 23.2 Å². The summed E-state index contributed by atoms with van der Waals surface area (Å²) in [5.41, 5.74) is 7.59. The molecule has 0 bridgehead atoms. The third-order valence-electron chi connectivity index (χ3n) is 5.66. The van der Waals surface area contributed by atoms with Crippen molar-refractivity contribution in [2.75, 3.05) is 49.8 Å². The van der Waals surface area contributed by atoms with Gasteiger partial charge in [0.25, 0.3) is 5.91 Å². The largest absolute Gasteiger partial charge is 0.481 e. The van der Waals surface area contributed by atoms with Gasteiger partial charge in [-0.15, -0.1) is 0 Å². The summed E-state index contributed by atoms with van der Waals surface area (Å²) in [6.45, 7) is 1.57. The second kappa shape index (κ2) is 7.18. The fourth-order valence-electron chi connectivity index (χ4n) is 4.29. The summed E-state index contributed by atoms with van der Waals surface area (Å²) in [6, 6.07) is 10.0. The molecule has 2 fully saturated rings. The molecule has 8 heteroatoms. The van der Waals surface area contributed by atoms with E-state index in [4.69, 9.17) is 10.5 Å². The molecular formula is C20H26N6O2. The molecule has 2 aliphatic heterocycles. The number of hydrogen-bond acceptors (Lipinski definition) is 7. The zero-order chi connectivity index (χ0) is 19.8. The van der Waals surface area contributed by atoms with Crippen LogP contribution in [0.25, 0.3) is 0 Å². The minimum absolute atomic E-state index is 0.0952. The highest BCUT2D eigenvalue weighted by molar-refractivity contribution is 5.95. The standard InChI is InChI=1S/C20H26N6O2/c1-24(2)14-6-4-5-13(11-14)19(27)26-10-8-15-16(26)7-9-25(15)17-12-18(28-3)23-20(21)22-17/h4-6,11-12,15-16H,7-10H2,1-3H3,(H2,21,22,23)/t15-,16-/m0/s1.